The van der Waals surface area contributed by atoms with Gasteiger partial charge in [-0.15, -0.1) is 0 Å². The third-order valence-electron chi connectivity index (χ3n) is 1.92. The molecule has 0 saturated carbocycles. The van der Waals surface area contributed by atoms with Crippen molar-refractivity contribution >= 4 is 17.7 Å². The van der Waals surface area contributed by atoms with Crippen LogP contribution in [0.4, 0.5) is 5.95 Å². The van der Waals surface area contributed by atoms with Crippen molar-refractivity contribution in [1.29, 1.82) is 0 Å². The van der Waals surface area contributed by atoms with E-state index >= 15 is 0 Å². The SMILES string of the molecule is COc1cnc(NCC(C)CSC)nc1. The van der Waals surface area contributed by atoms with Crippen LogP contribution in [0.2, 0.25) is 0 Å². The van der Waals surface area contributed by atoms with Crippen LogP contribution in [0, 0.1) is 5.92 Å². The molecule has 1 aromatic heterocycles. The monoisotopic (exact) mass is 227 g/mol. The van der Waals surface area contributed by atoms with Gasteiger partial charge in [0.2, 0.25) is 5.95 Å². The molecular weight excluding hydrogens is 210 g/mol. The number of rotatable bonds is 6. The molecule has 0 aromatic carbocycles. The van der Waals surface area contributed by atoms with Crippen LogP contribution in [0.25, 0.3) is 0 Å². The number of nitrogens with one attached hydrogen (secondary N) is 1. The van der Waals surface area contributed by atoms with Crippen molar-refractivity contribution in [1.82, 2.24) is 9.97 Å². The number of ether oxygens (including phenoxy) is 1. The first-order valence-electron chi connectivity index (χ1n) is 4.85. The fraction of sp³-hybridized carbons (Fsp3) is 0.600. The number of nitrogens with zero attached hydrogens (tertiary/aromatic N) is 2. The average molecular weight is 227 g/mol. The zero-order valence-corrected chi connectivity index (χ0v) is 10.2. The van der Waals surface area contributed by atoms with Crippen molar-refractivity contribution in [2.45, 2.75) is 6.92 Å². The van der Waals surface area contributed by atoms with Gasteiger partial charge in [-0.2, -0.15) is 11.8 Å². The van der Waals surface area contributed by atoms with Crippen molar-refractivity contribution in [3.05, 3.63) is 12.4 Å². The van der Waals surface area contributed by atoms with E-state index in [0.29, 0.717) is 17.6 Å². The van der Waals surface area contributed by atoms with Gasteiger partial charge >= 0.3 is 0 Å². The van der Waals surface area contributed by atoms with E-state index in [4.69, 9.17) is 4.74 Å². The molecule has 1 N–H and O–H groups in total. The molecule has 1 unspecified atom stereocenters. The molecule has 1 aromatic rings. The summed E-state index contributed by atoms with van der Waals surface area (Å²) in [5.41, 5.74) is 0. The molecule has 0 spiro atoms. The van der Waals surface area contributed by atoms with Crippen LogP contribution >= 0.6 is 11.8 Å². The molecule has 5 heteroatoms. The summed E-state index contributed by atoms with van der Waals surface area (Å²) in [6.07, 6.45) is 5.43. The lowest BCUT2D eigenvalue weighted by Crippen LogP contribution is -2.14. The maximum Gasteiger partial charge on any atom is 0.222 e. The largest absolute Gasteiger partial charge is 0.494 e. The van der Waals surface area contributed by atoms with Crippen LogP contribution in [0.5, 0.6) is 5.75 Å². The number of thioether (sulfide) groups is 1. The lowest BCUT2D eigenvalue weighted by molar-refractivity contribution is 0.411. The molecule has 0 saturated heterocycles. The van der Waals surface area contributed by atoms with Crippen LogP contribution in [0.3, 0.4) is 0 Å². The first-order valence-corrected chi connectivity index (χ1v) is 6.24. The lowest BCUT2D eigenvalue weighted by atomic mass is 10.2. The van der Waals surface area contributed by atoms with E-state index < -0.39 is 0 Å². The fourth-order valence-corrected chi connectivity index (χ4v) is 1.81. The molecular formula is C10H17N3OS. The standard InChI is InChI=1S/C10H17N3OS/c1-8(7-15-3)4-11-10-12-5-9(14-2)6-13-10/h5-6,8H,4,7H2,1-3H3,(H,11,12,13). The maximum atomic E-state index is 4.98. The Hall–Kier alpha value is -0.970. The van der Waals surface area contributed by atoms with E-state index in [1.807, 2.05) is 11.8 Å². The number of anilines is 1. The van der Waals surface area contributed by atoms with Crippen molar-refractivity contribution in [2.75, 3.05) is 31.0 Å². The van der Waals surface area contributed by atoms with Gasteiger partial charge in [0, 0.05) is 6.54 Å². The molecule has 0 aliphatic rings. The van der Waals surface area contributed by atoms with Gasteiger partial charge in [0.25, 0.3) is 0 Å². The van der Waals surface area contributed by atoms with Crippen molar-refractivity contribution in [3.8, 4) is 5.75 Å². The van der Waals surface area contributed by atoms with Crippen molar-refractivity contribution in [3.63, 3.8) is 0 Å². The van der Waals surface area contributed by atoms with E-state index in [1.54, 1.807) is 19.5 Å². The molecule has 0 bridgehead atoms. The van der Waals surface area contributed by atoms with E-state index in [1.165, 1.54) is 0 Å². The number of aromatic nitrogens is 2. The first kappa shape index (κ1) is 12.1. The normalized spacial score (nSPS) is 12.2. The van der Waals surface area contributed by atoms with Gasteiger partial charge in [-0.05, 0) is 17.9 Å². The van der Waals surface area contributed by atoms with Gasteiger partial charge in [-0.3, -0.25) is 0 Å². The fourth-order valence-electron chi connectivity index (χ4n) is 1.12. The van der Waals surface area contributed by atoms with Gasteiger partial charge < -0.3 is 10.1 Å². The van der Waals surface area contributed by atoms with Crippen LogP contribution in [0.15, 0.2) is 12.4 Å². The van der Waals surface area contributed by atoms with Gasteiger partial charge in [-0.25, -0.2) is 9.97 Å². The number of hydrogen-bond donors (Lipinski definition) is 1. The molecule has 0 fully saturated rings. The molecule has 1 heterocycles. The van der Waals surface area contributed by atoms with Crippen LogP contribution < -0.4 is 10.1 Å². The highest BCUT2D eigenvalue weighted by Crippen LogP contribution is 2.09. The average Bonchev–Trinajstić information content (AvgIpc) is 2.27. The van der Waals surface area contributed by atoms with Gasteiger partial charge in [-0.1, -0.05) is 6.92 Å². The van der Waals surface area contributed by atoms with Crippen molar-refractivity contribution < 1.29 is 4.74 Å². The predicted molar refractivity (Wildman–Crippen MR) is 64.6 cm³/mol. The molecule has 4 nitrogen and oxygen atoms in total. The molecule has 0 amide bonds. The van der Waals surface area contributed by atoms with Gasteiger partial charge in [0.15, 0.2) is 5.75 Å². The molecule has 15 heavy (non-hydrogen) atoms. The summed E-state index contributed by atoms with van der Waals surface area (Å²) in [4.78, 5) is 8.26. The number of hydrogen-bond acceptors (Lipinski definition) is 5. The maximum absolute atomic E-state index is 4.98. The highest BCUT2D eigenvalue weighted by atomic mass is 32.2. The van der Waals surface area contributed by atoms with Crippen molar-refractivity contribution in [2.24, 2.45) is 5.92 Å². The molecule has 1 rings (SSSR count). The van der Waals surface area contributed by atoms with Crippen LogP contribution in [-0.2, 0) is 0 Å². The second kappa shape index (κ2) is 6.50. The van der Waals surface area contributed by atoms with E-state index in [2.05, 4.69) is 28.5 Å². The van der Waals surface area contributed by atoms with Gasteiger partial charge in [0.05, 0.1) is 19.5 Å². The highest BCUT2D eigenvalue weighted by molar-refractivity contribution is 7.98. The smallest absolute Gasteiger partial charge is 0.222 e. The zero-order valence-electron chi connectivity index (χ0n) is 9.36. The molecule has 0 aliphatic heterocycles. The second-order valence-corrected chi connectivity index (χ2v) is 4.30. The Morgan fingerprint density at radius 1 is 1.47 bits per heavy atom. The van der Waals surface area contributed by atoms with Crippen LogP contribution in [-0.4, -0.2) is 35.6 Å². The Morgan fingerprint density at radius 3 is 2.67 bits per heavy atom. The Balaban J connectivity index is 2.37. The summed E-state index contributed by atoms with van der Waals surface area (Å²) in [6.45, 7) is 3.10. The highest BCUT2D eigenvalue weighted by Gasteiger charge is 2.02. The van der Waals surface area contributed by atoms with E-state index in [9.17, 15) is 0 Å². The van der Waals surface area contributed by atoms with E-state index in [-0.39, 0.29) is 0 Å². The summed E-state index contributed by atoms with van der Waals surface area (Å²) >= 11 is 1.85. The molecule has 0 radical (unpaired) electrons. The lowest BCUT2D eigenvalue weighted by Gasteiger charge is -2.10. The van der Waals surface area contributed by atoms with Gasteiger partial charge in [0.1, 0.15) is 0 Å². The molecule has 0 aliphatic carbocycles. The first-order chi connectivity index (χ1) is 7.26. The summed E-state index contributed by atoms with van der Waals surface area (Å²) in [6, 6.07) is 0. The summed E-state index contributed by atoms with van der Waals surface area (Å²) in [5, 5.41) is 3.19. The summed E-state index contributed by atoms with van der Waals surface area (Å²) < 4.78 is 4.98. The third-order valence-corrected chi connectivity index (χ3v) is 2.83. The Labute approximate surface area is 94.8 Å². The Morgan fingerprint density at radius 2 is 2.13 bits per heavy atom. The van der Waals surface area contributed by atoms with Crippen LogP contribution in [0.1, 0.15) is 6.92 Å². The minimum atomic E-state index is 0.616. The zero-order chi connectivity index (χ0) is 11.1. The Bertz CT molecular complexity index is 279. The second-order valence-electron chi connectivity index (χ2n) is 3.39. The van der Waals surface area contributed by atoms with E-state index in [0.717, 1.165) is 12.3 Å². The topological polar surface area (TPSA) is 47.0 Å². The quantitative estimate of drug-likeness (QED) is 0.804. The molecule has 1 atom stereocenters. The number of methoxy groups -OCH3 is 1. The molecule has 84 valence electrons. The summed E-state index contributed by atoms with van der Waals surface area (Å²) in [7, 11) is 1.60. The minimum absolute atomic E-state index is 0.616. The third kappa shape index (κ3) is 4.38. The summed E-state index contributed by atoms with van der Waals surface area (Å²) in [5.74, 6) is 3.09. The minimum Gasteiger partial charge on any atom is -0.494 e. The predicted octanol–water partition coefficient (Wildman–Crippen LogP) is 1.90. The Kier molecular flexibility index (Phi) is 5.25.